The minimum Gasteiger partial charge on any atom is -0.366 e. The molecule has 0 atom stereocenters. The van der Waals surface area contributed by atoms with Gasteiger partial charge in [-0.05, 0) is 62.2 Å². The quantitative estimate of drug-likeness (QED) is 0.556. The molecular formula is C29H44N6O3S. The third-order valence-corrected chi connectivity index (χ3v) is 10.6. The Morgan fingerprint density at radius 2 is 1.62 bits per heavy atom. The molecule has 1 aromatic heterocycles. The average molecular weight is 557 g/mol. The number of benzene rings is 1. The molecule has 0 unspecified atom stereocenters. The van der Waals surface area contributed by atoms with Crippen molar-refractivity contribution < 1.29 is 13.2 Å². The van der Waals surface area contributed by atoms with Crippen LogP contribution in [0.4, 0.5) is 5.82 Å². The number of anilines is 1. The molecule has 1 amide bonds. The highest BCUT2D eigenvalue weighted by Crippen LogP contribution is 2.27. The molecule has 2 aliphatic heterocycles. The van der Waals surface area contributed by atoms with Gasteiger partial charge in [-0.1, -0.05) is 45.0 Å². The molecule has 0 saturated carbocycles. The number of amides is 1. The monoisotopic (exact) mass is 556 g/mol. The van der Waals surface area contributed by atoms with Crippen molar-refractivity contribution in [2.24, 2.45) is 0 Å². The van der Waals surface area contributed by atoms with Crippen molar-refractivity contribution in [3.63, 3.8) is 0 Å². The summed E-state index contributed by atoms with van der Waals surface area (Å²) < 4.78 is 26.3. The van der Waals surface area contributed by atoms with Crippen LogP contribution in [0.5, 0.6) is 0 Å². The van der Waals surface area contributed by atoms with E-state index in [1.165, 1.54) is 16.2 Å². The molecule has 2 aromatic rings. The third-order valence-electron chi connectivity index (χ3n) is 8.24. The van der Waals surface area contributed by atoms with Crippen LogP contribution in [-0.4, -0.2) is 90.0 Å². The Morgan fingerprint density at radius 3 is 2.18 bits per heavy atom. The van der Waals surface area contributed by atoms with E-state index in [1.54, 1.807) is 14.1 Å². The Kier molecular flexibility index (Phi) is 8.98. The Bertz CT molecular complexity index is 1240. The van der Waals surface area contributed by atoms with Gasteiger partial charge in [0.2, 0.25) is 10.0 Å². The summed E-state index contributed by atoms with van der Waals surface area (Å²) in [5, 5.41) is 3.09. The van der Waals surface area contributed by atoms with Gasteiger partial charge in [-0.3, -0.25) is 4.79 Å². The molecule has 1 N–H and O–H groups in total. The minimum absolute atomic E-state index is 0.0540. The number of piperidine rings is 2. The third kappa shape index (κ3) is 6.78. The van der Waals surface area contributed by atoms with Crippen LogP contribution < -0.4 is 5.32 Å². The van der Waals surface area contributed by atoms with Crippen LogP contribution in [0.1, 0.15) is 73.6 Å². The van der Waals surface area contributed by atoms with Gasteiger partial charge >= 0.3 is 0 Å². The lowest BCUT2D eigenvalue weighted by atomic mass is 9.87. The summed E-state index contributed by atoms with van der Waals surface area (Å²) in [5.74, 6) is 0.625. The fraction of sp³-hybridized carbons (Fsp3) is 0.621. The van der Waals surface area contributed by atoms with Gasteiger partial charge in [0.25, 0.3) is 5.91 Å². The molecule has 2 saturated heterocycles. The minimum atomic E-state index is -3.20. The Balaban J connectivity index is 1.31. The van der Waals surface area contributed by atoms with Crippen molar-refractivity contribution in [1.29, 1.82) is 0 Å². The Hall–Kier alpha value is -2.56. The average Bonchev–Trinajstić information content (AvgIpc) is 2.92. The molecule has 10 heteroatoms. The van der Waals surface area contributed by atoms with E-state index in [-0.39, 0.29) is 16.6 Å². The van der Waals surface area contributed by atoms with Crippen LogP contribution in [-0.2, 0) is 22.0 Å². The second-order valence-electron chi connectivity index (χ2n) is 12.1. The van der Waals surface area contributed by atoms with Crippen LogP contribution >= 0.6 is 0 Å². The van der Waals surface area contributed by atoms with Gasteiger partial charge in [0.1, 0.15) is 17.8 Å². The predicted molar refractivity (Wildman–Crippen MR) is 155 cm³/mol. The number of carbonyl (C=O) groups is 1. The van der Waals surface area contributed by atoms with Crippen LogP contribution in [0.2, 0.25) is 0 Å². The largest absolute Gasteiger partial charge is 0.366 e. The number of carbonyl (C=O) groups excluding carboxylic acids is 1. The summed E-state index contributed by atoms with van der Waals surface area (Å²) in [6, 6.07) is 8.96. The number of hydrogen-bond acceptors (Lipinski definition) is 7. The van der Waals surface area contributed by atoms with Gasteiger partial charge in [0.05, 0.1) is 5.25 Å². The number of hydrogen-bond donors (Lipinski definition) is 1. The number of rotatable bonds is 7. The molecular weight excluding hydrogens is 512 g/mol. The molecule has 214 valence electrons. The van der Waals surface area contributed by atoms with Crippen molar-refractivity contribution in [2.45, 2.75) is 76.6 Å². The summed E-state index contributed by atoms with van der Waals surface area (Å²) >= 11 is 0. The summed E-state index contributed by atoms with van der Waals surface area (Å²) in [5.41, 5.74) is 3.77. The van der Waals surface area contributed by atoms with Crippen LogP contribution in [0.25, 0.3) is 0 Å². The van der Waals surface area contributed by atoms with Crippen LogP contribution in [0.15, 0.2) is 30.6 Å². The Morgan fingerprint density at radius 1 is 1.00 bits per heavy atom. The summed E-state index contributed by atoms with van der Waals surface area (Å²) in [4.78, 5) is 26.5. The van der Waals surface area contributed by atoms with Crippen LogP contribution in [0, 0.1) is 6.92 Å². The zero-order valence-corrected chi connectivity index (χ0v) is 25.1. The first kappa shape index (κ1) is 29.4. The lowest BCUT2D eigenvalue weighted by Gasteiger charge is -2.41. The molecule has 0 aliphatic carbocycles. The van der Waals surface area contributed by atoms with Gasteiger partial charge in [0.15, 0.2) is 0 Å². The van der Waals surface area contributed by atoms with E-state index in [9.17, 15) is 13.2 Å². The summed E-state index contributed by atoms with van der Waals surface area (Å²) in [7, 11) is 0.0159. The summed E-state index contributed by atoms with van der Waals surface area (Å²) in [6.45, 7) is 12.0. The molecule has 2 fully saturated rings. The number of sulfonamides is 1. The molecule has 0 bridgehead atoms. The first-order valence-corrected chi connectivity index (χ1v) is 15.5. The maximum atomic E-state index is 13.4. The molecule has 2 aliphatic rings. The van der Waals surface area contributed by atoms with Crippen LogP contribution in [0.3, 0.4) is 0 Å². The highest BCUT2D eigenvalue weighted by atomic mass is 32.2. The molecule has 0 radical (unpaired) electrons. The maximum absolute atomic E-state index is 13.4. The zero-order chi connectivity index (χ0) is 28.4. The highest BCUT2D eigenvalue weighted by molar-refractivity contribution is 7.89. The number of likely N-dealkylation sites (tertiary alicyclic amines) is 2. The topological polar surface area (TPSA) is 98.7 Å². The fourth-order valence-corrected chi connectivity index (χ4v) is 6.98. The zero-order valence-electron chi connectivity index (χ0n) is 24.3. The van der Waals surface area contributed by atoms with Crippen molar-refractivity contribution in [3.05, 3.63) is 53.0 Å². The lowest BCUT2D eigenvalue weighted by Crippen LogP contribution is -2.51. The molecule has 9 nitrogen and oxygen atoms in total. The fourth-order valence-electron chi connectivity index (χ4n) is 5.57. The van der Waals surface area contributed by atoms with Crippen molar-refractivity contribution in [3.8, 4) is 0 Å². The van der Waals surface area contributed by atoms with Gasteiger partial charge in [-0.2, -0.15) is 0 Å². The standard InChI is InChI=1S/C29H44N6O3S/c1-21-26(31-20-32-27(21)30-19-22-7-9-23(10-8-22)29(2,3)4)28(36)35-15-11-24(12-16-35)34-17-13-25(14-18-34)39(37,38)33(5)6/h7-10,20,24-25H,11-19H2,1-6H3,(H,30,31,32). The van der Waals surface area contributed by atoms with Gasteiger partial charge < -0.3 is 15.1 Å². The molecule has 4 rings (SSSR count). The van der Waals surface area contributed by atoms with Gasteiger partial charge in [0, 0.05) is 45.3 Å². The second kappa shape index (κ2) is 11.9. The highest BCUT2D eigenvalue weighted by Gasteiger charge is 2.35. The summed E-state index contributed by atoms with van der Waals surface area (Å²) in [6.07, 6.45) is 4.56. The Labute approximate surface area is 234 Å². The normalized spacial score (nSPS) is 18.5. The smallest absolute Gasteiger partial charge is 0.272 e. The lowest BCUT2D eigenvalue weighted by molar-refractivity contribution is 0.0584. The van der Waals surface area contributed by atoms with Crippen molar-refractivity contribution >= 4 is 21.7 Å². The SMILES string of the molecule is Cc1c(NCc2ccc(C(C)(C)C)cc2)ncnc1C(=O)N1CCC(N2CCC(S(=O)(=O)N(C)C)CC2)CC1. The number of nitrogens with one attached hydrogen (secondary N) is 1. The van der Waals surface area contributed by atoms with E-state index < -0.39 is 10.0 Å². The first-order valence-electron chi connectivity index (χ1n) is 14.0. The van der Waals surface area contributed by atoms with Gasteiger partial charge in [-0.15, -0.1) is 0 Å². The second-order valence-corrected chi connectivity index (χ2v) is 14.5. The number of aromatic nitrogens is 2. The van der Waals surface area contributed by atoms with Crippen molar-refractivity contribution in [1.82, 2.24) is 24.1 Å². The molecule has 3 heterocycles. The van der Waals surface area contributed by atoms with E-state index >= 15 is 0 Å². The van der Waals surface area contributed by atoms with Gasteiger partial charge in [-0.25, -0.2) is 22.7 Å². The number of nitrogens with zero attached hydrogens (tertiary/aromatic N) is 5. The molecule has 39 heavy (non-hydrogen) atoms. The first-order chi connectivity index (χ1) is 18.4. The van der Waals surface area contributed by atoms with E-state index in [1.807, 2.05) is 11.8 Å². The van der Waals surface area contributed by atoms with E-state index in [2.05, 4.69) is 65.2 Å². The molecule has 0 spiro atoms. The van der Waals surface area contributed by atoms with E-state index in [0.717, 1.165) is 37.1 Å². The predicted octanol–water partition coefficient (Wildman–Crippen LogP) is 3.66. The van der Waals surface area contributed by atoms with E-state index in [4.69, 9.17) is 0 Å². The van der Waals surface area contributed by atoms with Crippen molar-refractivity contribution in [2.75, 3.05) is 45.6 Å². The maximum Gasteiger partial charge on any atom is 0.272 e. The molecule has 1 aromatic carbocycles. The van der Waals surface area contributed by atoms with E-state index in [0.29, 0.717) is 50.0 Å².